The van der Waals surface area contributed by atoms with Gasteiger partial charge in [0, 0.05) is 23.1 Å². The van der Waals surface area contributed by atoms with E-state index >= 15 is 0 Å². The lowest BCUT2D eigenvalue weighted by Gasteiger charge is -2.10. The molecule has 0 fully saturated rings. The predicted molar refractivity (Wildman–Crippen MR) is 91.5 cm³/mol. The first kappa shape index (κ1) is 14.7. The smallest absolute Gasteiger partial charge is 0.228 e. The van der Waals surface area contributed by atoms with Crippen LogP contribution >= 0.6 is 11.8 Å². The number of rotatable bonds is 3. The Morgan fingerprint density at radius 3 is 2.14 bits per heavy atom. The third-order valence-corrected chi connectivity index (χ3v) is 4.60. The van der Waals surface area contributed by atoms with E-state index < -0.39 is 0 Å². The van der Waals surface area contributed by atoms with Crippen LogP contribution in [0.25, 0.3) is 11.1 Å². The van der Waals surface area contributed by atoms with Crippen molar-refractivity contribution in [1.29, 1.82) is 0 Å². The summed E-state index contributed by atoms with van der Waals surface area (Å²) in [6.45, 7) is 3.58. The number of hydrogen-bond donors (Lipinski definition) is 0. The van der Waals surface area contributed by atoms with E-state index in [0.717, 1.165) is 26.7 Å². The molecule has 0 aliphatic heterocycles. The highest BCUT2D eigenvalue weighted by molar-refractivity contribution is 7.99. The molecule has 110 valence electrons. The van der Waals surface area contributed by atoms with Crippen molar-refractivity contribution < 1.29 is 4.79 Å². The SMILES string of the molecule is CC(=O)n1c(C)cc(-c2ccccc2)c1Sc1ccccc1. The van der Waals surface area contributed by atoms with Gasteiger partial charge in [0.15, 0.2) is 0 Å². The van der Waals surface area contributed by atoms with Crippen molar-refractivity contribution in [1.82, 2.24) is 4.57 Å². The molecule has 2 nitrogen and oxygen atoms in total. The van der Waals surface area contributed by atoms with Crippen molar-refractivity contribution >= 4 is 17.7 Å². The number of aromatic nitrogens is 1. The molecule has 0 unspecified atom stereocenters. The summed E-state index contributed by atoms with van der Waals surface area (Å²) in [6.07, 6.45) is 0. The van der Waals surface area contributed by atoms with E-state index in [0.29, 0.717) is 0 Å². The molecule has 0 radical (unpaired) electrons. The minimum atomic E-state index is 0.0399. The maximum absolute atomic E-state index is 12.1. The van der Waals surface area contributed by atoms with Crippen LogP contribution in [-0.2, 0) is 0 Å². The van der Waals surface area contributed by atoms with Crippen molar-refractivity contribution in [3.05, 3.63) is 72.4 Å². The van der Waals surface area contributed by atoms with Crippen LogP contribution in [-0.4, -0.2) is 10.5 Å². The second-order valence-electron chi connectivity index (χ2n) is 5.14. The molecule has 22 heavy (non-hydrogen) atoms. The second-order valence-corrected chi connectivity index (χ2v) is 6.20. The number of carbonyl (C=O) groups excluding carboxylic acids is 1. The predicted octanol–water partition coefficient (Wildman–Crippen LogP) is 5.27. The van der Waals surface area contributed by atoms with Crippen LogP contribution in [0, 0.1) is 6.92 Å². The lowest BCUT2D eigenvalue weighted by molar-refractivity contribution is 0.0925. The molecule has 0 spiro atoms. The molecular weight excluding hydrogens is 290 g/mol. The largest absolute Gasteiger partial charge is 0.278 e. The van der Waals surface area contributed by atoms with Gasteiger partial charge in [0.25, 0.3) is 0 Å². The van der Waals surface area contributed by atoms with Crippen LogP contribution in [0.4, 0.5) is 0 Å². The van der Waals surface area contributed by atoms with Crippen molar-refractivity contribution in [3.63, 3.8) is 0 Å². The first-order valence-electron chi connectivity index (χ1n) is 7.18. The topological polar surface area (TPSA) is 22.0 Å². The highest BCUT2D eigenvalue weighted by atomic mass is 32.2. The molecule has 3 aromatic rings. The minimum absolute atomic E-state index is 0.0399. The summed E-state index contributed by atoms with van der Waals surface area (Å²) < 4.78 is 1.79. The Morgan fingerprint density at radius 1 is 0.955 bits per heavy atom. The monoisotopic (exact) mass is 307 g/mol. The molecule has 0 aliphatic rings. The second kappa shape index (κ2) is 6.24. The van der Waals surface area contributed by atoms with Crippen LogP contribution < -0.4 is 0 Å². The van der Waals surface area contributed by atoms with Gasteiger partial charge >= 0.3 is 0 Å². The van der Waals surface area contributed by atoms with E-state index in [1.165, 1.54) is 0 Å². The molecule has 2 aromatic carbocycles. The first-order chi connectivity index (χ1) is 10.7. The number of benzene rings is 2. The fraction of sp³-hybridized carbons (Fsp3) is 0.105. The summed E-state index contributed by atoms with van der Waals surface area (Å²) in [6, 6.07) is 22.4. The van der Waals surface area contributed by atoms with Gasteiger partial charge in [-0.15, -0.1) is 0 Å². The third kappa shape index (κ3) is 2.85. The molecule has 1 heterocycles. The van der Waals surface area contributed by atoms with Gasteiger partial charge in [0.2, 0.25) is 5.91 Å². The molecule has 0 N–H and O–H groups in total. The number of hydrogen-bond acceptors (Lipinski definition) is 2. The van der Waals surface area contributed by atoms with Gasteiger partial charge in [-0.3, -0.25) is 9.36 Å². The lowest BCUT2D eigenvalue weighted by atomic mass is 10.1. The molecule has 1 aromatic heterocycles. The summed E-state index contributed by atoms with van der Waals surface area (Å²) in [5, 5.41) is 0.974. The molecule has 3 rings (SSSR count). The molecule has 0 saturated carbocycles. The normalized spacial score (nSPS) is 10.6. The van der Waals surface area contributed by atoms with Crippen molar-refractivity contribution in [2.75, 3.05) is 0 Å². The third-order valence-electron chi connectivity index (χ3n) is 3.50. The molecule has 3 heteroatoms. The Morgan fingerprint density at radius 2 is 1.55 bits per heavy atom. The van der Waals surface area contributed by atoms with E-state index in [1.807, 2.05) is 43.3 Å². The average molecular weight is 307 g/mol. The Hall–Kier alpha value is -2.26. The van der Waals surface area contributed by atoms with Gasteiger partial charge in [-0.05, 0) is 30.7 Å². The number of aryl methyl sites for hydroxylation is 1. The van der Waals surface area contributed by atoms with Gasteiger partial charge in [-0.25, -0.2) is 0 Å². The van der Waals surface area contributed by atoms with Crippen molar-refractivity contribution in [2.24, 2.45) is 0 Å². The zero-order valence-corrected chi connectivity index (χ0v) is 13.4. The fourth-order valence-corrected chi connectivity index (χ4v) is 3.70. The summed E-state index contributed by atoms with van der Waals surface area (Å²) in [4.78, 5) is 13.2. The minimum Gasteiger partial charge on any atom is -0.278 e. The highest BCUT2D eigenvalue weighted by Gasteiger charge is 2.17. The lowest BCUT2D eigenvalue weighted by Crippen LogP contribution is -2.08. The van der Waals surface area contributed by atoms with Crippen LogP contribution in [0.15, 0.2) is 76.7 Å². The van der Waals surface area contributed by atoms with Gasteiger partial charge < -0.3 is 0 Å². The molecular formula is C19H17NOS. The van der Waals surface area contributed by atoms with Gasteiger partial charge in [0.1, 0.15) is 0 Å². The summed E-state index contributed by atoms with van der Waals surface area (Å²) in [5.41, 5.74) is 3.19. The quantitative estimate of drug-likeness (QED) is 0.657. The van der Waals surface area contributed by atoms with Crippen molar-refractivity contribution in [2.45, 2.75) is 23.8 Å². The maximum atomic E-state index is 12.1. The van der Waals surface area contributed by atoms with E-state index in [-0.39, 0.29) is 5.91 Å². The van der Waals surface area contributed by atoms with E-state index in [9.17, 15) is 4.79 Å². The highest BCUT2D eigenvalue weighted by Crippen LogP contribution is 2.38. The molecule has 0 amide bonds. The molecule has 0 bridgehead atoms. The standard InChI is InChI=1S/C19H17NOS/c1-14-13-18(16-9-5-3-6-10-16)19(20(14)15(2)21)22-17-11-7-4-8-12-17/h3-13H,1-2H3. The van der Waals surface area contributed by atoms with Gasteiger partial charge in [0.05, 0.1) is 5.03 Å². The van der Waals surface area contributed by atoms with Crippen molar-refractivity contribution in [3.8, 4) is 11.1 Å². The summed E-state index contributed by atoms with van der Waals surface area (Å²) in [7, 11) is 0. The Bertz CT molecular complexity index is 791. The Balaban J connectivity index is 2.15. The fourth-order valence-electron chi connectivity index (χ4n) is 2.53. The van der Waals surface area contributed by atoms with Crippen LogP contribution in [0.3, 0.4) is 0 Å². The molecule has 0 atom stereocenters. The summed E-state index contributed by atoms with van der Waals surface area (Å²) >= 11 is 1.63. The Kier molecular flexibility index (Phi) is 4.16. The number of carbonyl (C=O) groups is 1. The first-order valence-corrected chi connectivity index (χ1v) is 8.00. The van der Waals surface area contributed by atoms with Gasteiger partial charge in [-0.2, -0.15) is 0 Å². The summed E-state index contributed by atoms with van der Waals surface area (Å²) in [5.74, 6) is 0.0399. The van der Waals surface area contributed by atoms with Gasteiger partial charge in [-0.1, -0.05) is 60.3 Å². The zero-order chi connectivity index (χ0) is 15.5. The van der Waals surface area contributed by atoms with Crippen LogP contribution in [0.2, 0.25) is 0 Å². The zero-order valence-electron chi connectivity index (χ0n) is 12.6. The maximum Gasteiger partial charge on any atom is 0.228 e. The van der Waals surface area contributed by atoms with E-state index in [2.05, 4.69) is 30.3 Å². The Labute approximate surface area is 134 Å². The van der Waals surface area contributed by atoms with E-state index in [4.69, 9.17) is 0 Å². The van der Waals surface area contributed by atoms with Crippen LogP contribution in [0.1, 0.15) is 17.4 Å². The van der Waals surface area contributed by atoms with E-state index in [1.54, 1.807) is 23.3 Å². The molecule has 0 aliphatic carbocycles. The average Bonchev–Trinajstić information content (AvgIpc) is 2.86. The molecule has 0 saturated heterocycles. The van der Waals surface area contributed by atoms with Crippen LogP contribution in [0.5, 0.6) is 0 Å². The number of nitrogens with zero attached hydrogens (tertiary/aromatic N) is 1.